The average molecular weight is 256 g/mol. The molecule has 3 nitrogen and oxygen atoms in total. The lowest BCUT2D eigenvalue weighted by molar-refractivity contribution is 0.588. The predicted molar refractivity (Wildman–Crippen MR) is 61.0 cm³/mol. The molecule has 1 aliphatic carbocycles. The van der Waals surface area contributed by atoms with E-state index < -0.39 is 14.6 Å². The van der Waals surface area contributed by atoms with E-state index >= 15 is 0 Å². The molecule has 1 fully saturated rings. The molecule has 5 heteroatoms. The Bertz CT molecular complexity index is 582. The first-order valence-corrected chi connectivity index (χ1v) is 6.71. The van der Waals surface area contributed by atoms with Gasteiger partial charge in [0.25, 0.3) is 0 Å². The molecule has 0 bridgehead atoms. The fourth-order valence-electron chi connectivity index (χ4n) is 1.56. The Morgan fingerprint density at radius 2 is 2.06 bits per heavy atom. The van der Waals surface area contributed by atoms with Crippen LogP contribution >= 0.6 is 11.6 Å². The molecule has 1 aromatic carbocycles. The molecule has 1 aromatic rings. The van der Waals surface area contributed by atoms with E-state index in [9.17, 15) is 8.42 Å². The van der Waals surface area contributed by atoms with Crippen LogP contribution in [0.25, 0.3) is 0 Å². The van der Waals surface area contributed by atoms with Crippen molar-refractivity contribution in [2.75, 3.05) is 0 Å². The number of benzene rings is 1. The van der Waals surface area contributed by atoms with Gasteiger partial charge >= 0.3 is 0 Å². The number of nitrogens with zero attached hydrogens (tertiary/aromatic N) is 1. The summed E-state index contributed by atoms with van der Waals surface area (Å²) in [6.45, 7) is 1.74. The van der Waals surface area contributed by atoms with Crippen LogP contribution in [0.4, 0.5) is 0 Å². The summed E-state index contributed by atoms with van der Waals surface area (Å²) in [6.07, 6.45) is 0.848. The number of halogens is 1. The number of sulfone groups is 1. The molecule has 0 spiro atoms. The third-order valence-corrected chi connectivity index (χ3v) is 5.69. The summed E-state index contributed by atoms with van der Waals surface area (Å²) in [5.74, 6) is 0. The molecule has 0 heterocycles. The van der Waals surface area contributed by atoms with Crippen molar-refractivity contribution in [3.63, 3.8) is 0 Å². The van der Waals surface area contributed by atoms with Gasteiger partial charge in [-0.05, 0) is 43.5 Å². The molecule has 16 heavy (non-hydrogen) atoms. The van der Waals surface area contributed by atoms with Crippen LogP contribution < -0.4 is 0 Å². The van der Waals surface area contributed by atoms with Gasteiger partial charge in [-0.15, -0.1) is 0 Å². The van der Waals surface area contributed by atoms with Crippen molar-refractivity contribution in [1.29, 1.82) is 5.26 Å². The Morgan fingerprint density at radius 1 is 1.44 bits per heavy atom. The van der Waals surface area contributed by atoms with Crippen molar-refractivity contribution in [3.8, 4) is 6.07 Å². The minimum Gasteiger partial charge on any atom is -0.222 e. The van der Waals surface area contributed by atoms with Gasteiger partial charge in [0.2, 0.25) is 0 Å². The first-order valence-electron chi connectivity index (χ1n) is 4.85. The van der Waals surface area contributed by atoms with E-state index in [0.29, 0.717) is 23.4 Å². The molecule has 0 aliphatic heterocycles. The number of hydrogen-bond donors (Lipinski definition) is 0. The average Bonchev–Trinajstić information content (AvgIpc) is 3.02. The highest BCUT2D eigenvalue weighted by molar-refractivity contribution is 7.93. The lowest BCUT2D eigenvalue weighted by Crippen LogP contribution is -2.21. The Balaban J connectivity index is 2.54. The van der Waals surface area contributed by atoms with Gasteiger partial charge in [0, 0.05) is 5.02 Å². The van der Waals surface area contributed by atoms with Gasteiger partial charge in [-0.3, -0.25) is 0 Å². The molecule has 0 N–H and O–H groups in total. The van der Waals surface area contributed by atoms with Gasteiger partial charge in [0.1, 0.15) is 0 Å². The molecule has 2 rings (SSSR count). The van der Waals surface area contributed by atoms with Gasteiger partial charge in [-0.2, -0.15) is 5.26 Å². The van der Waals surface area contributed by atoms with E-state index in [1.54, 1.807) is 13.0 Å². The van der Waals surface area contributed by atoms with Gasteiger partial charge in [-0.25, -0.2) is 8.42 Å². The Labute approximate surface area is 99.6 Å². The van der Waals surface area contributed by atoms with Gasteiger partial charge in [0.05, 0.1) is 11.0 Å². The Morgan fingerprint density at radius 3 is 2.50 bits per heavy atom. The second kappa shape index (κ2) is 3.47. The summed E-state index contributed by atoms with van der Waals surface area (Å²) in [7, 11) is -3.54. The summed E-state index contributed by atoms with van der Waals surface area (Å²) in [5, 5.41) is 9.45. The summed E-state index contributed by atoms with van der Waals surface area (Å²) in [6, 6.07) is 6.44. The van der Waals surface area contributed by atoms with Crippen LogP contribution in [-0.4, -0.2) is 13.2 Å². The van der Waals surface area contributed by atoms with E-state index in [1.165, 1.54) is 12.1 Å². The number of rotatable bonds is 2. The molecule has 0 unspecified atom stereocenters. The number of aryl methyl sites for hydroxylation is 1. The Kier molecular flexibility index (Phi) is 2.48. The molecular formula is C11H10ClNO2S. The summed E-state index contributed by atoms with van der Waals surface area (Å²) < 4.78 is 23.1. The lowest BCUT2D eigenvalue weighted by atomic mass is 10.2. The van der Waals surface area contributed by atoms with Crippen LogP contribution in [0, 0.1) is 18.3 Å². The highest BCUT2D eigenvalue weighted by Crippen LogP contribution is 2.46. The zero-order valence-corrected chi connectivity index (χ0v) is 10.3. The van der Waals surface area contributed by atoms with Crippen molar-refractivity contribution in [1.82, 2.24) is 0 Å². The van der Waals surface area contributed by atoms with Crippen molar-refractivity contribution < 1.29 is 8.42 Å². The van der Waals surface area contributed by atoms with E-state index in [-0.39, 0.29) is 4.90 Å². The van der Waals surface area contributed by atoms with Crippen LogP contribution in [-0.2, 0) is 9.84 Å². The summed E-state index contributed by atoms with van der Waals surface area (Å²) in [4.78, 5) is 0.188. The van der Waals surface area contributed by atoms with Crippen molar-refractivity contribution in [3.05, 3.63) is 28.8 Å². The second-order valence-electron chi connectivity index (χ2n) is 4.02. The van der Waals surface area contributed by atoms with E-state index in [4.69, 9.17) is 16.9 Å². The van der Waals surface area contributed by atoms with Crippen LogP contribution in [0.15, 0.2) is 23.1 Å². The normalized spacial score (nSPS) is 17.8. The SMILES string of the molecule is Cc1cc(S(=O)(=O)C2(C#N)CC2)ccc1Cl. The standard InChI is InChI=1S/C11H10ClNO2S/c1-8-6-9(2-3-10(8)12)16(14,15)11(7-13)4-5-11/h2-3,6H,4-5H2,1H3. The molecule has 84 valence electrons. The third-order valence-electron chi connectivity index (χ3n) is 2.86. The smallest absolute Gasteiger partial charge is 0.197 e. The molecule has 0 radical (unpaired) electrons. The molecule has 0 atom stereocenters. The lowest BCUT2D eigenvalue weighted by Gasteiger charge is -2.09. The monoisotopic (exact) mass is 255 g/mol. The molecule has 1 aliphatic rings. The maximum absolute atomic E-state index is 12.1. The maximum atomic E-state index is 12.1. The highest BCUT2D eigenvalue weighted by atomic mass is 35.5. The summed E-state index contributed by atoms with van der Waals surface area (Å²) in [5.41, 5.74) is 0.705. The van der Waals surface area contributed by atoms with Gasteiger partial charge < -0.3 is 0 Å². The van der Waals surface area contributed by atoms with Crippen LogP contribution in [0.5, 0.6) is 0 Å². The van der Waals surface area contributed by atoms with Crippen LogP contribution in [0.1, 0.15) is 18.4 Å². The molecule has 1 saturated carbocycles. The van der Waals surface area contributed by atoms with Crippen LogP contribution in [0.3, 0.4) is 0 Å². The topological polar surface area (TPSA) is 57.9 Å². The van der Waals surface area contributed by atoms with Crippen molar-refractivity contribution in [2.24, 2.45) is 0 Å². The van der Waals surface area contributed by atoms with Crippen molar-refractivity contribution in [2.45, 2.75) is 29.4 Å². The van der Waals surface area contributed by atoms with Gasteiger partial charge in [0.15, 0.2) is 14.6 Å². The fraction of sp³-hybridized carbons (Fsp3) is 0.364. The second-order valence-corrected chi connectivity index (χ2v) is 6.69. The van der Waals surface area contributed by atoms with E-state index in [2.05, 4.69) is 0 Å². The predicted octanol–water partition coefficient (Wildman–Crippen LogP) is 2.48. The minimum atomic E-state index is -3.54. The molecular weight excluding hydrogens is 246 g/mol. The maximum Gasteiger partial charge on any atom is 0.197 e. The number of nitriles is 1. The number of hydrogen-bond acceptors (Lipinski definition) is 3. The molecule has 0 amide bonds. The van der Waals surface area contributed by atoms with E-state index in [0.717, 1.165) is 0 Å². The van der Waals surface area contributed by atoms with Crippen molar-refractivity contribution >= 4 is 21.4 Å². The largest absolute Gasteiger partial charge is 0.222 e. The quantitative estimate of drug-likeness (QED) is 0.816. The zero-order valence-electron chi connectivity index (χ0n) is 8.70. The van der Waals surface area contributed by atoms with E-state index in [1.807, 2.05) is 6.07 Å². The third kappa shape index (κ3) is 1.51. The first kappa shape index (κ1) is 11.4. The van der Waals surface area contributed by atoms with Gasteiger partial charge in [-0.1, -0.05) is 11.6 Å². The summed E-state index contributed by atoms with van der Waals surface area (Å²) >= 11 is 5.83. The molecule has 0 aromatic heterocycles. The van der Waals surface area contributed by atoms with Crippen LogP contribution in [0.2, 0.25) is 5.02 Å². The zero-order chi connectivity index (χ0) is 12.0. The highest BCUT2D eigenvalue weighted by Gasteiger charge is 2.55. The Hall–Kier alpha value is -1.05. The fourth-order valence-corrected chi connectivity index (χ4v) is 3.47. The first-order chi connectivity index (χ1) is 7.43. The minimum absolute atomic E-state index is 0.188. The molecule has 0 saturated heterocycles.